The van der Waals surface area contributed by atoms with Gasteiger partial charge in [-0.3, -0.25) is 4.79 Å². The summed E-state index contributed by atoms with van der Waals surface area (Å²) in [5, 5.41) is 14.8. The molecule has 0 aliphatic carbocycles. The van der Waals surface area contributed by atoms with Crippen LogP contribution in [0.15, 0.2) is 103 Å². The molecule has 1 N–H and O–H groups in total. The number of urea groups is 1. The molecule has 2 aromatic heterocycles. The van der Waals surface area contributed by atoms with Gasteiger partial charge in [0.25, 0.3) is 5.91 Å². The molecule has 3 amide bonds. The number of carbonyl (C=O) groups is 2. The van der Waals surface area contributed by atoms with Crippen LogP contribution in [0.5, 0.6) is 0 Å². The number of fused-ring (bicyclic) bond motifs is 3. The van der Waals surface area contributed by atoms with Crippen molar-refractivity contribution < 1.29 is 9.59 Å². The van der Waals surface area contributed by atoms with Crippen molar-refractivity contribution in [2.45, 2.75) is 13.1 Å². The van der Waals surface area contributed by atoms with Crippen LogP contribution in [0.2, 0.25) is 5.02 Å². The topological polar surface area (TPSA) is 88.3 Å². The highest BCUT2D eigenvalue weighted by Gasteiger charge is 2.26. The third-order valence-electron chi connectivity index (χ3n) is 8.12. The zero-order chi connectivity index (χ0) is 30.0. The molecule has 6 aromatic rings. The number of nitrogens with zero attached hydrogens (tertiary/aromatic N) is 6. The molecular formula is C34H30ClN7O2. The summed E-state index contributed by atoms with van der Waals surface area (Å²) in [5.41, 5.74) is 5.33. The Hall–Kier alpha value is -5.15. The van der Waals surface area contributed by atoms with E-state index in [0.29, 0.717) is 55.5 Å². The molecule has 0 spiro atoms. The minimum absolute atomic E-state index is 0.0519. The molecule has 9 nitrogen and oxygen atoms in total. The first-order chi connectivity index (χ1) is 21.5. The number of amides is 3. The van der Waals surface area contributed by atoms with E-state index < -0.39 is 0 Å². The molecule has 1 fully saturated rings. The largest absolute Gasteiger partial charge is 0.335 e. The Morgan fingerprint density at radius 2 is 1.34 bits per heavy atom. The number of piperazine rings is 1. The molecule has 0 bridgehead atoms. The van der Waals surface area contributed by atoms with E-state index in [1.807, 2.05) is 30.5 Å². The van der Waals surface area contributed by atoms with E-state index in [9.17, 15) is 9.59 Å². The van der Waals surface area contributed by atoms with Gasteiger partial charge in [-0.25, -0.2) is 9.48 Å². The first kappa shape index (κ1) is 27.7. The second kappa shape index (κ2) is 11.9. The first-order valence-corrected chi connectivity index (χ1v) is 14.9. The van der Waals surface area contributed by atoms with Crippen molar-refractivity contribution in [1.82, 2.24) is 29.4 Å². The summed E-state index contributed by atoms with van der Waals surface area (Å²) >= 11 is 5.94. The van der Waals surface area contributed by atoms with Gasteiger partial charge in [0.2, 0.25) is 0 Å². The Morgan fingerprint density at radius 1 is 0.727 bits per heavy atom. The smallest absolute Gasteiger partial charge is 0.321 e. The molecule has 10 heteroatoms. The standard InChI is InChI=1S/C34H30ClN7O2/c35-25-13-15-26(16-14-25)36-34(44)40-19-17-39(18-20-40)33(43)28-8-2-1-7-24(28)21-41-22-27(37-38-41)23-42-31-11-5-3-9-29(31)30-10-4-6-12-32(30)42/h1-16,22H,17-21,23H2,(H,36,44). The molecule has 4 aromatic carbocycles. The van der Waals surface area contributed by atoms with Crippen molar-refractivity contribution >= 4 is 51.0 Å². The molecule has 0 atom stereocenters. The number of rotatable bonds is 6. The monoisotopic (exact) mass is 603 g/mol. The molecule has 0 radical (unpaired) electrons. The Balaban J connectivity index is 1.02. The Kier molecular flexibility index (Phi) is 7.45. The zero-order valence-corrected chi connectivity index (χ0v) is 24.7. The fourth-order valence-corrected chi connectivity index (χ4v) is 6.01. The van der Waals surface area contributed by atoms with Crippen molar-refractivity contribution in [1.29, 1.82) is 0 Å². The molecule has 44 heavy (non-hydrogen) atoms. The van der Waals surface area contributed by atoms with E-state index in [-0.39, 0.29) is 11.9 Å². The molecule has 1 saturated heterocycles. The number of halogens is 1. The molecule has 7 rings (SSSR count). The highest BCUT2D eigenvalue weighted by Crippen LogP contribution is 2.29. The highest BCUT2D eigenvalue weighted by atomic mass is 35.5. The van der Waals surface area contributed by atoms with Crippen LogP contribution in [0.25, 0.3) is 21.8 Å². The third kappa shape index (κ3) is 5.49. The van der Waals surface area contributed by atoms with E-state index >= 15 is 0 Å². The Bertz CT molecular complexity index is 1920. The predicted octanol–water partition coefficient (Wildman–Crippen LogP) is 6.13. The van der Waals surface area contributed by atoms with Crippen molar-refractivity contribution in [2.24, 2.45) is 0 Å². The fourth-order valence-electron chi connectivity index (χ4n) is 5.88. The van der Waals surface area contributed by atoms with Crippen molar-refractivity contribution in [3.8, 4) is 0 Å². The minimum atomic E-state index is -0.192. The lowest BCUT2D eigenvalue weighted by Gasteiger charge is -2.35. The molecule has 0 unspecified atom stereocenters. The molecule has 220 valence electrons. The lowest BCUT2D eigenvalue weighted by atomic mass is 10.1. The van der Waals surface area contributed by atoms with Gasteiger partial charge in [-0.1, -0.05) is 71.4 Å². The second-order valence-corrected chi connectivity index (χ2v) is 11.3. The third-order valence-corrected chi connectivity index (χ3v) is 8.37. The van der Waals surface area contributed by atoms with Crippen LogP contribution < -0.4 is 5.32 Å². The number of benzene rings is 4. The second-order valence-electron chi connectivity index (χ2n) is 10.9. The fraction of sp³-hybridized carbons (Fsp3) is 0.176. The van der Waals surface area contributed by atoms with Crippen molar-refractivity contribution in [2.75, 3.05) is 31.5 Å². The van der Waals surface area contributed by atoms with E-state index in [4.69, 9.17) is 11.6 Å². The summed E-state index contributed by atoms with van der Waals surface area (Å²) in [6.45, 7) is 2.81. The van der Waals surface area contributed by atoms with Crippen LogP contribution >= 0.6 is 11.6 Å². The summed E-state index contributed by atoms with van der Waals surface area (Å²) in [7, 11) is 0. The predicted molar refractivity (Wildman–Crippen MR) is 172 cm³/mol. The lowest BCUT2D eigenvalue weighted by molar-refractivity contribution is 0.0670. The van der Waals surface area contributed by atoms with Gasteiger partial charge >= 0.3 is 6.03 Å². The summed E-state index contributed by atoms with van der Waals surface area (Å²) in [6.07, 6.45) is 1.95. The van der Waals surface area contributed by atoms with Crippen LogP contribution in [0.1, 0.15) is 21.6 Å². The lowest BCUT2D eigenvalue weighted by Crippen LogP contribution is -2.51. The normalized spacial score (nSPS) is 13.5. The summed E-state index contributed by atoms with van der Waals surface area (Å²) in [6, 6.07) is 31.2. The van der Waals surface area contributed by atoms with E-state index in [2.05, 4.69) is 68.7 Å². The van der Waals surface area contributed by atoms with Crippen LogP contribution in [0.4, 0.5) is 10.5 Å². The van der Waals surface area contributed by atoms with E-state index in [0.717, 1.165) is 22.3 Å². The van der Waals surface area contributed by atoms with E-state index in [1.54, 1.807) is 38.7 Å². The van der Waals surface area contributed by atoms with Gasteiger partial charge in [0.05, 0.1) is 19.3 Å². The van der Waals surface area contributed by atoms with Gasteiger partial charge in [0, 0.05) is 64.3 Å². The van der Waals surface area contributed by atoms with Gasteiger partial charge in [-0.05, 0) is 48.0 Å². The van der Waals surface area contributed by atoms with Gasteiger partial charge in [0.1, 0.15) is 5.69 Å². The Labute approximate surface area is 259 Å². The van der Waals surface area contributed by atoms with Crippen molar-refractivity contribution in [3.63, 3.8) is 0 Å². The van der Waals surface area contributed by atoms with Gasteiger partial charge < -0.3 is 19.7 Å². The number of nitrogens with one attached hydrogen (secondary N) is 1. The molecular weight excluding hydrogens is 574 g/mol. The minimum Gasteiger partial charge on any atom is -0.335 e. The molecule has 3 heterocycles. The Morgan fingerprint density at radius 3 is 2.05 bits per heavy atom. The molecule has 1 aliphatic heterocycles. The maximum atomic E-state index is 13.6. The van der Waals surface area contributed by atoms with Crippen LogP contribution in [0, 0.1) is 0 Å². The first-order valence-electron chi connectivity index (χ1n) is 14.6. The van der Waals surface area contributed by atoms with Gasteiger partial charge in [-0.15, -0.1) is 5.10 Å². The average Bonchev–Trinajstić information content (AvgIpc) is 3.64. The number of para-hydroxylation sites is 2. The van der Waals surface area contributed by atoms with Crippen LogP contribution in [-0.4, -0.2) is 67.5 Å². The number of hydrogen-bond donors (Lipinski definition) is 1. The van der Waals surface area contributed by atoms with Crippen molar-refractivity contribution in [3.05, 3.63) is 125 Å². The molecule has 1 aliphatic rings. The molecule has 0 saturated carbocycles. The van der Waals surface area contributed by atoms with Gasteiger partial charge in [-0.2, -0.15) is 0 Å². The summed E-state index contributed by atoms with van der Waals surface area (Å²) < 4.78 is 4.06. The number of aromatic nitrogens is 4. The number of anilines is 1. The van der Waals surface area contributed by atoms with E-state index in [1.165, 1.54) is 10.8 Å². The van der Waals surface area contributed by atoms with Gasteiger partial charge in [0.15, 0.2) is 0 Å². The number of hydrogen-bond acceptors (Lipinski definition) is 4. The summed E-state index contributed by atoms with van der Waals surface area (Å²) in [4.78, 5) is 29.9. The van der Waals surface area contributed by atoms with Crippen LogP contribution in [0.3, 0.4) is 0 Å². The maximum Gasteiger partial charge on any atom is 0.321 e. The average molecular weight is 604 g/mol. The maximum absolute atomic E-state index is 13.6. The SMILES string of the molecule is O=C(Nc1ccc(Cl)cc1)N1CCN(C(=O)c2ccccc2Cn2cc(Cn3c4ccccc4c4ccccc43)nn2)CC1. The van der Waals surface area contributed by atoms with Crippen LogP contribution in [-0.2, 0) is 13.1 Å². The summed E-state index contributed by atoms with van der Waals surface area (Å²) in [5.74, 6) is -0.0519. The highest BCUT2D eigenvalue weighted by molar-refractivity contribution is 6.30. The zero-order valence-electron chi connectivity index (χ0n) is 23.9. The quantitative estimate of drug-likeness (QED) is 0.248. The number of carbonyl (C=O) groups excluding carboxylic acids is 2.